The lowest BCUT2D eigenvalue weighted by atomic mass is 10.2. The molecular weight excluding hydrogens is 167 g/mol. The molecule has 0 aliphatic heterocycles. The number of hydrogen-bond donors (Lipinski definition) is 3. The number of unbranched alkanes of at least 4 members (excludes halogenated alkanes) is 3. The van der Waals surface area contributed by atoms with Crippen molar-refractivity contribution in [3.8, 4) is 0 Å². The smallest absolute Gasteiger partial charge is 0.208 e. The van der Waals surface area contributed by atoms with Crippen LogP contribution in [0.25, 0.3) is 0 Å². The van der Waals surface area contributed by atoms with E-state index >= 15 is 0 Å². The van der Waals surface area contributed by atoms with Gasteiger partial charge in [-0.25, -0.2) is 9.79 Å². The van der Waals surface area contributed by atoms with Gasteiger partial charge in [0.2, 0.25) is 0 Å². The van der Waals surface area contributed by atoms with Crippen LogP contribution in [0, 0.1) is 0 Å². The molecule has 0 aliphatic carbocycles. The van der Waals surface area contributed by atoms with Crippen LogP contribution >= 0.6 is 19.2 Å². The third kappa shape index (κ3) is 8.70. The van der Waals surface area contributed by atoms with Crippen molar-refractivity contribution in [2.45, 2.75) is 32.6 Å². The zero-order valence-corrected chi connectivity index (χ0v) is 8.11. The molecule has 0 atom stereocenters. The Morgan fingerprint density at radius 2 is 1.80 bits per heavy atom. The van der Waals surface area contributed by atoms with Gasteiger partial charge >= 0.3 is 6.92 Å². The highest BCUT2D eigenvalue weighted by atomic mass is 32.7. The van der Waals surface area contributed by atoms with Crippen molar-refractivity contribution in [3.63, 3.8) is 0 Å². The van der Waals surface area contributed by atoms with Gasteiger partial charge in [-0.3, -0.25) is 0 Å². The van der Waals surface area contributed by atoms with Crippen LogP contribution in [0.5, 0.6) is 0 Å². The van der Waals surface area contributed by atoms with Gasteiger partial charge < -0.3 is 0 Å². The lowest BCUT2D eigenvalue weighted by Gasteiger charge is -2.02. The molecule has 62 valence electrons. The summed E-state index contributed by atoms with van der Waals surface area (Å²) < 4.78 is 0. The first-order valence-corrected chi connectivity index (χ1v) is 6.66. The Balaban J connectivity index is 3.04. The molecule has 0 aromatic carbocycles. The Morgan fingerprint density at radius 1 is 1.20 bits per heavy atom. The summed E-state index contributed by atoms with van der Waals surface area (Å²) in [6, 6.07) is 0. The van der Waals surface area contributed by atoms with Crippen LogP contribution in [-0.2, 0) is 0 Å². The molecule has 0 radical (unpaired) electrons. The second-order valence-electron chi connectivity index (χ2n) is 2.48. The Bertz CT molecular complexity index is 82.3. The summed E-state index contributed by atoms with van der Waals surface area (Å²) in [4.78, 5) is 17.7. The van der Waals surface area contributed by atoms with Gasteiger partial charge in [0, 0.05) is 0 Å². The number of hydrogen-bond acceptors (Lipinski definition) is 3. The largest absolute Gasteiger partial charge is 0.323 e. The molecule has 0 bridgehead atoms. The normalized spacial score (nSPS) is 12.0. The molecule has 2 N–H and O–H groups in total. The van der Waals surface area contributed by atoms with Crippen LogP contribution in [-0.4, -0.2) is 15.9 Å². The van der Waals surface area contributed by atoms with E-state index in [2.05, 4.69) is 19.2 Å². The maximum absolute atomic E-state index is 8.85. The lowest BCUT2D eigenvalue weighted by Crippen LogP contribution is -1.89. The van der Waals surface area contributed by atoms with E-state index in [0.29, 0.717) is 6.16 Å². The van der Waals surface area contributed by atoms with Gasteiger partial charge in [-0.15, -0.1) is 0 Å². The third-order valence-electron chi connectivity index (χ3n) is 1.31. The topological polar surface area (TPSA) is 40.5 Å². The minimum absolute atomic E-state index is 0.468. The van der Waals surface area contributed by atoms with E-state index < -0.39 is 6.92 Å². The molecule has 4 heteroatoms. The summed E-state index contributed by atoms with van der Waals surface area (Å²) in [5.41, 5.74) is 0. The molecule has 0 amide bonds. The minimum Gasteiger partial charge on any atom is -0.208 e. The quantitative estimate of drug-likeness (QED) is 0.347. The fraction of sp³-hybridized carbons (Fsp3) is 1.00. The monoisotopic (exact) mass is 183 g/mol. The lowest BCUT2D eigenvalue weighted by molar-refractivity contribution is 0.471. The highest BCUT2D eigenvalue weighted by Crippen LogP contribution is 2.55. The van der Waals surface area contributed by atoms with E-state index in [-0.39, 0.29) is 0 Å². The van der Waals surface area contributed by atoms with Crippen molar-refractivity contribution in [1.29, 1.82) is 0 Å². The summed E-state index contributed by atoms with van der Waals surface area (Å²) >= 11 is 3.68. The molecule has 0 heterocycles. The maximum Gasteiger partial charge on any atom is 0.323 e. The van der Waals surface area contributed by atoms with E-state index in [1.807, 2.05) is 0 Å². The Kier molecular flexibility index (Phi) is 5.74. The van der Waals surface area contributed by atoms with Crippen LogP contribution in [0.2, 0.25) is 0 Å². The van der Waals surface area contributed by atoms with E-state index in [9.17, 15) is 0 Å². The van der Waals surface area contributed by atoms with Gasteiger partial charge in [-0.1, -0.05) is 19.8 Å². The fourth-order valence-corrected chi connectivity index (χ4v) is 1.82. The Labute approximate surface area is 68.3 Å². The van der Waals surface area contributed by atoms with Crippen molar-refractivity contribution < 1.29 is 9.79 Å². The van der Waals surface area contributed by atoms with Gasteiger partial charge in [0.15, 0.2) is 0 Å². The summed E-state index contributed by atoms with van der Waals surface area (Å²) in [6.07, 6.45) is 4.79. The first kappa shape index (κ1) is 10.7. The zero-order valence-electron chi connectivity index (χ0n) is 6.32. The molecule has 0 rings (SSSR count). The van der Waals surface area contributed by atoms with Crippen LogP contribution in [0.1, 0.15) is 32.6 Å². The van der Waals surface area contributed by atoms with Gasteiger partial charge in [0.1, 0.15) is 6.16 Å². The van der Waals surface area contributed by atoms with Crippen LogP contribution in [0.15, 0.2) is 0 Å². The molecule has 10 heavy (non-hydrogen) atoms. The first-order chi connectivity index (χ1) is 4.56. The maximum atomic E-state index is 8.85. The zero-order chi connectivity index (χ0) is 8.04. The average molecular weight is 183 g/mol. The third-order valence-corrected chi connectivity index (χ3v) is 2.83. The van der Waals surface area contributed by atoms with Crippen molar-refractivity contribution in [3.05, 3.63) is 0 Å². The van der Waals surface area contributed by atoms with Gasteiger partial charge in [0.05, 0.1) is 12.2 Å². The number of thiol groups is 1. The summed E-state index contributed by atoms with van der Waals surface area (Å²) in [6.45, 7) is -0.635. The van der Waals surface area contributed by atoms with E-state index in [1.54, 1.807) is 0 Å². The number of rotatable bonds is 5. The predicted octanol–water partition coefficient (Wildman–Crippen LogP) is 2.24. The van der Waals surface area contributed by atoms with E-state index in [1.165, 1.54) is 12.8 Å². The van der Waals surface area contributed by atoms with Crippen LogP contribution < -0.4 is 0 Å². The average Bonchev–Trinajstić information content (AvgIpc) is 1.78. The summed E-state index contributed by atoms with van der Waals surface area (Å²) in [5, 5.41) is 0. The molecule has 0 saturated heterocycles. The molecule has 0 spiro atoms. The summed E-state index contributed by atoms with van der Waals surface area (Å²) in [7, 11) is 0. The summed E-state index contributed by atoms with van der Waals surface area (Å²) in [5.74, 6) is 0. The SMILES string of the molecule is CCCCCC[P+](O)(O)S. The second kappa shape index (κ2) is 5.36. The molecule has 0 aromatic rings. The van der Waals surface area contributed by atoms with Gasteiger partial charge in [-0.05, 0) is 12.8 Å². The molecule has 0 saturated carbocycles. The van der Waals surface area contributed by atoms with E-state index in [4.69, 9.17) is 9.79 Å². The highest BCUT2D eigenvalue weighted by molar-refractivity contribution is 8.48. The molecule has 2 nitrogen and oxygen atoms in total. The molecule has 0 unspecified atom stereocenters. The highest BCUT2D eigenvalue weighted by Gasteiger charge is 2.25. The Morgan fingerprint density at radius 3 is 2.20 bits per heavy atom. The fourth-order valence-electron chi connectivity index (χ4n) is 0.751. The van der Waals surface area contributed by atoms with E-state index in [0.717, 1.165) is 12.8 Å². The van der Waals surface area contributed by atoms with Crippen molar-refractivity contribution in [2.75, 3.05) is 6.16 Å². The van der Waals surface area contributed by atoms with Crippen LogP contribution in [0.4, 0.5) is 0 Å². The molecule has 0 fully saturated rings. The first-order valence-electron chi connectivity index (χ1n) is 3.62. The standard InChI is InChI=1S/C6H16O2PS/c1-2-3-4-5-6-9(7,8)10/h7-8,10H,2-6H2,1H3/q+1. The molecule has 0 aliphatic rings. The Hall–Kier alpha value is 0.700. The molecular formula is C6H16O2PS+. The van der Waals surface area contributed by atoms with Gasteiger partial charge in [-0.2, -0.15) is 0 Å². The second-order valence-corrected chi connectivity index (χ2v) is 6.23. The van der Waals surface area contributed by atoms with Gasteiger partial charge in [0.25, 0.3) is 0 Å². The predicted molar refractivity (Wildman–Crippen MR) is 49.4 cm³/mol. The van der Waals surface area contributed by atoms with Crippen molar-refractivity contribution in [1.82, 2.24) is 0 Å². The van der Waals surface area contributed by atoms with Crippen LogP contribution in [0.3, 0.4) is 0 Å². The van der Waals surface area contributed by atoms with Crippen molar-refractivity contribution >= 4 is 19.2 Å². The minimum atomic E-state index is -2.76. The molecule has 0 aromatic heterocycles. The van der Waals surface area contributed by atoms with Crippen molar-refractivity contribution in [2.24, 2.45) is 0 Å².